The maximum Gasteiger partial charge on any atom is 0.182 e. The summed E-state index contributed by atoms with van der Waals surface area (Å²) in [6, 6.07) is 3.64. The maximum absolute atomic E-state index is 8.49. The molecule has 0 aliphatic carbocycles. The summed E-state index contributed by atoms with van der Waals surface area (Å²) in [5, 5.41) is 11.0. The van der Waals surface area contributed by atoms with E-state index >= 15 is 0 Å². The lowest BCUT2D eigenvalue weighted by atomic mass is 10.4. The molecule has 78 valence electrons. The molecule has 1 rings (SSSR count). The highest BCUT2D eigenvalue weighted by Crippen LogP contribution is 2.01. The van der Waals surface area contributed by atoms with E-state index in [1.54, 1.807) is 24.5 Å². The van der Waals surface area contributed by atoms with Gasteiger partial charge in [0, 0.05) is 6.54 Å². The fraction of sp³-hybridized carbons (Fsp3) is 0.273. The Morgan fingerprint density at radius 2 is 2.60 bits per heavy atom. The number of rotatable bonds is 4. The molecule has 4 nitrogen and oxygen atoms in total. The van der Waals surface area contributed by atoms with Crippen molar-refractivity contribution in [1.82, 2.24) is 5.32 Å². The van der Waals surface area contributed by atoms with Gasteiger partial charge in [-0.25, -0.2) is 0 Å². The minimum Gasteiger partial charge on any atom is -0.465 e. The van der Waals surface area contributed by atoms with E-state index in [1.165, 1.54) is 0 Å². The number of nitrogens with one attached hydrogen (secondary N) is 1. The number of amidine groups is 1. The zero-order valence-electron chi connectivity index (χ0n) is 8.60. The van der Waals surface area contributed by atoms with Gasteiger partial charge in [0.1, 0.15) is 11.6 Å². The monoisotopic (exact) mass is 203 g/mol. The van der Waals surface area contributed by atoms with Gasteiger partial charge in [0.2, 0.25) is 0 Å². The first-order valence-electron chi connectivity index (χ1n) is 4.78. The van der Waals surface area contributed by atoms with Crippen molar-refractivity contribution in [1.29, 1.82) is 5.26 Å². The van der Waals surface area contributed by atoms with Gasteiger partial charge in [0.25, 0.3) is 0 Å². The van der Waals surface area contributed by atoms with Gasteiger partial charge in [-0.15, -0.1) is 0 Å². The molecule has 1 heterocycles. The molecule has 0 atom stereocenters. The highest BCUT2D eigenvalue weighted by atomic mass is 16.3. The van der Waals surface area contributed by atoms with Gasteiger partial charge >= 0.3 is 0 Å². The molecule has 0 spiro atoms. The predicted molar refractivity (Wildman–Crippen MR) is 59.1 cm³/mol. The van der Waals surface area contributed by atoms with Crippen LogP contribution in [0.4, 0.5) is 0 Å². The zero-order valence-corrected chi connectivity index (χ0v) is 8.60. The molecule has 4 heteroatoms. The van der Waals surface area contributed by atoms with Gasteiger partial charge in [-0.1, -0.05) is 6.92 Å². The molecule has 15 heavy (non-hydrogen) atoms. The third-order valence-corrected chi connectivity index (χ3v) is 1.64. The molecule has 0 saturated heterocycles. The Balaban J connectivity index is 2.62. The van der Waals surface area contributed by atoms with Crippen LogP contribution < -0.4 is 5.32 Å². The van der Waals surface area contributed by atoms with E-state index < -0.39 is 0 Å². The first kappa shape index (κ1) is 11.1. The van der Waals surface area contributed by atoms with Crippen molar-refractivity contribution in [3.63, 3.8) is 0 Å². The second-order valence-corrected chi connectivity index (χ2v) is 2.85. The van der Waals surface area contributed by atoms with E-state index in [0.29, 0.717) is 12.4 Å². The van der Waals surface area contributed by atoms with Crippen molar-refractivity contribution in [2.24, 2.45) is 4.99 Å². The summed E-state index contributed by atoms with van der Waals surface area (Å²) in [5.41, 5.74) is 0. The van der Waals surface area contributed by atoms with Crippen molar-refractivity contribution in [3.8, 4) is 6.19 Å². The Kier molecular flexibility index (Phi) is 4.74. The molecular weight excluding hydrogens is 190 g/mol. The van der Waals surface area contributed by atoms with Crippen molar-refractivity contribution in [2.75, 3.05) is 6.54 Å². The maximum atomic E-state index is 8.49. The number of aliphatic imine (C=N–C) groups is 1. The molecule has 0 aliphatic heterocycles. The molecule has 0 radical (unpaired) electrons. The number of hydrogen-bond acceptors (Lipinski definition) is 3. The van der Waals surface area contributed by atoms with E-state index in [-0.39, 0.29) is 0 Å². The Labute approximate surface area is 88.9 Å². The summed E-state index contributed by atoms with van der Waals surface area (Å²) >= 11 is 0. The van der Waals surface area contributed by atoms with E-state index in [4.69, 9.17) is 9.68 Å². The van der Waals surface area contributed by atoms with E-state index in [1.807, 2.05) is 19.2 Å². The van der Waals surface area contributed by atoms with Crippen LogP contribution in [0.2, 0.25) is 0 Å². The van der Waals surface area contributed by atoms with Crippen LogP contribution in [0.25, 0.3) is 6.08 Å². The lowest BCUT2D eigenvalue weighted by molar-refractivity contribution is 0.557. The highest BCUT2D eigenvalue weighted by molar-refractivity contribution is 5.97. The molecule has 0 saturated carbocycles. The fourth-order valence-corrected chi connectivity index (χ4v) is 0.971. The summed E-state index contributed by atoms with van der Waals surface area (Å²) in [7, 11) is 0. The quantitative estimate of drug-likeness (QED) is 0.353. The Morgan fingerprint density at radius 1 is 1.73 bits per heavy atom. The smallest absolute Gasteiger partial charge is 0.182 e. The van der Waals surface area contributed by atoms with Gasteiger partial charge < -0.3 is 4.42 Å². The molecule has 0 amide bonds. The van der Waals surface area contributed by atoms with Gasteiger partial charge in [0.05, 0.1) is 6.26 Å². The normalized spacial score (nSPS) is 11.6. The van der Waals surface area contributed by atoms with Crippen molar-refractivity contribution >= 4 is 11.9 Å². The van der Waals surface area contributed by atoms with Gasteiger partial charge in [-0.2, -0.15) is 5.26 Å². The largest absolute Gasteiger partial charge is 0.465 e. The van der Waals surface area contributed by atoms with Crippen LogP contribution in [-0.2, 0) is 0 Å². The second kappa shape index (κ2) is 6.44. The molecular formula is C11H13N3O. The second-order valence-electron chi connectivity index (χ2n) is 2.85. The summed E-state index contributed by atoms with van der Waals surface area (Å²) in [6.45, 7) is 2.73. The topological polar surface area (TPSA) is 61.3 Å². The lowest BCUT2D eigenvalue weighted by Crippen LogP contribution is -2.15. The Hall–Kier alpha value is -2.02. The molecule has 1 aromatic rings. The third kappa shape index (κ3) is 4.14. The van der Waals surface area contributed by atoms with Crippen molar-refractivity contribution in [3.05, 3.63) is 30.2 Å². The van der Waals surface area contributed by atoms with Crippen LogP contribution in [0.5, 0.6) is 0 Å². The van der Waals surface area contributed by atoms with Crippen LogP contribution in [0.1, 0.15) is 19.1 Å². The summed E-state index contributed by atoms with van der Waals surface area (Å²) in [4.78, 5) is 4.19. The minimum absolute atomic E-state index is 0.552. The predicted octanol–water partition coefficient (Wildman–Crippen LogP) is 2.17. The summed E-state index contributed by atoms with van der Waals surface area (Å²) < 4.78 is 5.11. The molecule has 0 bridgehead atoms. The van der Waals surface area contributed by atoms with Gasteiger partial charge in [-0.3, -0.25) is 10.3 Å². The fourth-order valence-electron chi connectivity index (χ4n) is 0.971. The van der Waals surface area contributed by atoms with Gasteiger partial charge in [-0.05, 0) is 30.7 Å². The van der Waals surface area contributed by atoms with Crippen LogP contribution in [0, 0.1) is 11.5 Å². The average molecular weight is 203 g/mol. The van der Waals surface area contributed by atoms with Crippen LogP contribution in [0.15, 0.2) is 33.9 Å². The lowest BCUT2D eigenvalue weighted by Gasteiger charge is -1.95. The third-order valence-electron chi connectivity index (χ3n) is 1.64. The van der Waals surface area contributed by atoms with E-state index in [9.17, 15) is 0 Å². The number of furan rings is 1. The van der Waals surface area contributed by atoms with Gasteiger partial charge in [0.15, 0.2) is 6.19 Å². The number of nitrogens with zero attached hydrogens (tertiary/aromatic N) is 2. The molecule has 0 aromatic carbocycles. The van der Waals surface area contributed by atoms with E-state index in [2.05, 4.69) is 10.3 Å². The minimum atomic E-state index is 0.552. The number of hydrogen-bond donors (Lipinski definition) is 1. The Morgan fingerprint density at radius 3 is 3.20 bits per heavy atom. The average Bonchev–Trinajstić information content (AvgIpc) is 2.75. The number of nitriles is 1. The summed E-state index contributed by atoms with van der Waals surface area (Å²) in [6.07, 6.45) is 7.87. The van der Waals surface area contributed by atoms with Crippen LogP contribution >= 0.6 is 0 Å². The standard InChI is InChI=1S/C11H13N3O/c1-2-7-13-11(14-9-12)6-5-10-4-3-8-15-10/h3-6,8H,2,7H2,1H3,(H,13,14). The van der Waals surface area contributed by atoms with E-state index in [0.717, 1.165) is 12.2 Å². The molecule has 1 N–H and O–H groups in total. The van der Waals surface area contributed by atoms with Crippen LogP contribution in [0.3, 0.4) is 0 Å². The molecule has 0 aliphatic rings. The first-order chi connectivity index (χ1) is 7.36. The molecule has 1 aromatic heterocycles. The van der Waals surface area contributed by atoms with Crippen LogP contribution in [-0.4, -0.2) is 12.4 Å². The van der Waals surface area contributed by atoms with Crippen molar-refractivity contribution in [2.45, 2.75) is 13.3 Å². The molecule has 0 unspecified atom stereocenters. The molecule has 0 fully saturated rings. The first-order valence-corrected chi connectivity index (χ1v) is 4.78. The summed E-state index contributed by atoms with van der Waals surface area (Å²) in [5.74, 6) is 1.29. The highest BCUT2D eigenvalue weighted by Gasteiger charge is 1.92. The SMILES string of the molecule is CCCN=C(C=Cc1ccco1)NC#N. The Bertz CT molecular complexity index is 371. The zero-order chi connectivity index (χ0) is 10.9. The van der Waals surface area contributed by atoms with Crippen molar-refractivity contribution < 1.29 is 4.42 Å².